The maximum absolute atomic E-state index is 4.43. The Bertz CT molecular complexity index is 169. The number of thioether (sulfide) groups is 2. The van der Waals surface area contributed by atoms with E-state index in [0.29, 0.717) is 0 Å². The largest absolute Gasteiger partial charge is 0.271 e. The highest BCUT2D eigenvalue weighted by atomic mass is 32.2. The molecule has 0 unspecified atom stereocenters. The first-order chi connectivity index (χ1) is 6.93. The highest BCUT2D eigenvalue weighted by Crippen LogP contribution is 2.23. The van der Waals surface area contributed by atoms with E-state index in [0.717, 1.165) is 6.54 Å². The fraction of sp³-hybridized carbons (Fsp3) is 0.909. The molecule has 1 aliphatic rings. The Kier molecular flexibility index (Phi) is 7.69. The zero-order chi connectivity index (χ0) is 10.1. The minimum Gasteiger partial charge on any atom is -0.271 e. The lowest BCUT2D eigenvalue weighted by Crippen LogP contribution is -1.86. The van der Waals surface area contributed by atoms with Crippen LogP contribution in [0.2, 0.25) is 0 Å². The first-order valence-electron chi connectivity index (χ1n) is 5.73. The molecule has 0 aromatic carbocycles. The minimum atomic E-state index is 1.05. The van der Waals surface area contributed by atoms with Crippen LogP contribution in [-0.4, -0.2) is 22.4 Å². The van der Waals surface area contributed by atoms with Gasteiger partial charge in [0.05, 0.1) is 6.54 Å². The Morgan fingerprint density at radius 2 is 2.00 bits per heavy atom. The van der Waals surface area contributed by atoms with E-state index < -0.39 is 0 Å². The van der Waals surface area contributed by atoms with Gasteiger partial charge in [0.15, 0.2) is 0 Å². The van der Waals surface area contributed by atoms with Gasteiger partial charge in [0.25, 0.3) is 0 Å². The van der Waals surface area contributed by atoms with Gasteiger partial charge in [-0.05, 0) is 12.2 Å². The van der Waals surface area contributed by atoms with Gasteiger partial charge in [-0.25, -0.2) is 0 Å². The van der Waals surface area contributed by atoms with Crippen molar-refractivity contribution in [1.82, 2.24) is 0 Å². The lowest BCUT2D eigenvalue weighted by atomic mass is 10.1. The quantitative estimate of drug-likeness (QED) is 0.609. The third-order valence-corrected chi connectivity index (χ3v) is 4.62. The SMILES string of the molecule is CCCCCCCCSC1=NCCS1. The van der Waals surface area contributed by atoms with Gasteiger partial charge in [0, 0.05) is 5.75 Å². The van der Waals surface area contributed by atoms with Crippen LogP contribution in [0, 0.1) is 0 Å². The second-order valence-electron chi connectivity index (χ2n) is 3.61. The van der Waals surface area contributed by atoms with Gasteiger partial charge in [-0.3, -0.25) is 4.99 Å². The van der Waals surface area contributed by atoms with Crippen LogP contribution in [0.5, 0.6) is 0 Å². The highest BCUT2D eigenvalue weighted by Gasteiger charge is 2.06. The molecule has 0 aromatic heterocycles. The van der Waals surface area contributed by atoms with Crippen molar-refractivity contribution in [3.05, 3.63) is 0 Å². The molecule has 0 radical (unpaired) electrons. The minimum absolute atomic E-state index is 1.05. The molecule has 0 atom stereocenters. The second-order valence-corrected chi connectivity index (χ2v) is 6.04. The summed E-state index contributed by atoms with van der Waals surface area (Å²) in [5, 5.41) is 0. The van der Waals surface area contributed by atoms with Gasteiger partial charge in [0.2, 0.25) is 0 Å². The first-order valence-corrected chi connectivity index (χ1v) is 7.70. The molecule has 0 spiro atoms. The number of aliphatic imine (C=N–C) groups is 1. The van der Waals surface area contributed by atoms with Crippen molar-refractivity contribution in [3.63, 3.8) is 0 Å². The van der Waals surface area contributed by atoms with Crippen molar-refractivity contribution in [3.8, 4) is 0 Å². The third-order valence-electron chi connectivity index (χ3n) is 2.28. The Labute approximate surface area is 96.5 Å². The lowest BCUT2D eigenvalue weighted by molar-refractivity contribution is 0.627. The third kappa shape index (κ3) is 5.97. The molecular formula is C11H21NS2. The van der Waals surface area contributed by atoms with Crippen LogP contribution in [-0.2, 0) is 0 Å². The first kappa shape index (κ1) is 12.4. The molecule has 1 rings (SSSR count). The van der Waals surface area contributed by atoms with E-state index >= 15 is 0 Å². The average Bonchev–Trinajstić information content (AvgIpc) is 2.69. The van der Waals surface area contributed by atoms with Crippen LogP contribution in [0.25, 0.3) is 0 Å². The standard InChI is InChI=1S/C11H21NS2/c1-2-3-4-5-6-7-9-13-11-12-8-10-14-11/h2-10H2,1H3. The van der Waals surface area contributed by atoms with Gasteiger partial charge in [-0.2, -0.15) is 0 Å². The van der Waals surface area contributed by atoms with Crippen LogP contribution >= 0.6 is 23.5 Å². The fourth-order valence-electron chi connectivity index (χ4n) is 1.44. The number of hydrogen-bond acceptors (Lipinski definition) is 3. The van der Waals surface area contributed by atoms with E-state index in [1.807, 2.05) is 23.5 Å². The molecule has 0 saturated carbocycles. The van der Waals surface area contributed by atoms with Gasteiger partial charge >= 0.3 is 0 Å². The van der Waals surface area contributed by atoms with E-state index in [2.05, 4.69) is 11.9 Å². The second kappa shape index (κ2) is 8.66. The summed E-state index contributed by atoms with van der Waals surface area (Å²) >= 11 is 3.89. The summed E-state index contributed by atoms with van der Waals surface area (Å²) in [5.74, 6) is 2.48. The van der Waals surface area contributed by atoms with E-state index in [1.165, 1.54) is 54.4 Å². The zero-order valence-corrected chi connectivity index (χ0v) is 10.8. The molecule has 0 aromatic rings. The number of hydrogen-bond donors (Lipinski definition) is 0. The van der Waals surface area contributed by atoms with Gasteiger partial charge < -0.3 is 0 Å². The summed E-state index contributed by atoms with van der Waals surface area (Å²) in [6, 6.07) is 0. The molecule has 3 heteroatoms. The van der Waals surface area contributed by atoms with Crippen molar-refractivity contribution in [2.45, 2.75) is 45.4 Å². The lowest BCUT2D eigenvalue weighted by Gasteiger charge is -2.00. The zero-order valence-electron chi connectivity index (χ0n) is 9.13. The smallest absolute Gasteiger partial charge is 0.124 e. The predicted molar refractivity (Wildman–Crippen MR) is 70.6 cm³/mol. The molecule has 0 bridgehead atoms. The Balaban J connectivity index is 1.80. The van der Waals surface area contributed by atoms with Crippen molar-refractivity contribution >= 4 is 27.9 Å². The van der Waals surface area contributed by atoms with E-state index in [-0.39, 0.29) is 0 Å². The Hall–Kier alpha value is 0.370. The average molecular weight is 231 g/mol. The molecule has 0 fully saturated rings. The van der Waals surface area contributed by atoms with Gasteiger partial charge in [-0.15, -0.1) is 0 Å². The molecule has 1 heterocycles. The molecule has 1 aliphatic heterocycles. The van der Waals surface area contributed by atoms with Crippen LogP contribution < -0.4 is 0 Å². The number of rotatable bonds is 7. The molecule has 0 saturated heterocycles. The van der Waals surface area contributed by atoms with Crippen molar-refractivity contribution in [1.29, 1.82) is 0 Å². The Morgan fingerprint density at radius 3 is 2.71 bits per heavy atom. The summed E-state index contributed by atoms with van der Waals surface area (Å²) in [7, 11) is 0. The summed E-state index contributed by atoms with van der Waals surface area (Å²) in [6.07, 6.45) is 8.39. The topological polar surface area (TPSA) is 12.4 Å². The molecule has 0 amide bonds. The van der Waals surface area contributed by atoms with Crippen LogP contribution in [0.1, 0.15) is 45.4 Å². The van der Waals surface area contributed by atoms with Crippen LogP contribution in [0.15, 0.2) is 4.99 Å². The normalized spacial score (nSPS) is 15.9. The highest BCUT2D eigenvalue weighted by molar-refractivity contribution is 8.39. The predicted octanol–water partition coefficient (Wildman–Crippen LogP) is 4.18. The van der Waals surface area contributed by atoms with Gasteiger partial charge in [0.1, 0.15) is 4.38 Å². The molecule has 0 N–H and O–H groups in total. The fourth-order valence-corrected chi connectivity index (χ4v) is 3.52. The molecule has 82 valence electrons. The van der Waals surface area contributed by atoms with Crippen molar-refractivity contribution in [2.75, 3.05) is 18.1 Å². The van der Waals surface area contributed by atoms with Crippen molar-refractivity contribution < 1.29 is 0 Å². The van der Waals surface area contributed by atoms with Crippen molar-refractivity contribution in [2.24, 2.45) is 4.99 Å². The van der Waals surface area contributed by atoms with Crippen LogP contribution in [0.3, 0.4) is 0 Å². The number of nitrogens with zero attached hydrogens (tertiary/aromatic N) is 1. The maximum Gasteiger partial charge on any atom is 0.124 e. The Morgan fingerprint density at radius 1 is 1.21 bits per heavy atom. The van der Waals surface area contributed by atoms with Crippen LogP contribution in [0.4, 0.5) is 0 Å². The summed E-state index contributed by atoms with van der Waals surface area (Å²) in [4.78, 5) is 4.43. The summed E-state index contributed by atoms with van der Waals surface area (Å²) in [6.45, 7) is 3.31. The molecule has 1 nitrogen and oxygen atoms in total. The number of unbranched alkanes of at least 4 members (excludes halogenated alkanes) is 5. The maximum atomic E-state index is 4.43. The summed E-state index contributed by atoms with van der Waals surface area (Å²) < 4.78 is 1.33. The molecule has 14 heavy (non-hydrogen) atoms. The summed E-state index contributed by atoms with van der Waals surface area (Å²) in [5.41, 5.74) is 0. The van der Waals surface area contributed by atoms with E-state index in [1.54, 1.807) is 0 Å². The molecular weight excluding hydrogens is 210 g/mol. The van der Waals surface area contributed by atoms with E-state index in [4.69, 9.17) is 0 Å². The van der Waals surface area contributed by atoms with E-state index in [9.17, 15) is 0 Å². The monoisotopic (exact) mass is 231 g/mol. The molecule has 0 aliphatic carbocycles. The van der Waals surface area contributed by atoms with Gasteiger partial charge in [-0.1, -0.05) is 62.6 Å².